The summed E-state index contributed by atoms with van der Waals surface area (Å²) in [5, 5.41) is 3.32. The lowest BCUT2D eigenvalue weighted by molar-refractivity contribution is 0.0596. The maximum absolute atomic E-state index is 12.8. The van der Waals surface area contributed by atoms with E-state index in [0.29, 0.717) is 29.9 Å². The fourth-order valence-electron chi connectivity index (χ4n) is 5.25. The van der Waals surface area contributed by atoms with Gasteiger partial charge in [0.15, 0.2) is 0 Å². The molecule has 4 heteroatoms. The van der Waals surface area contributed by atoms with Crippen LogP contribution in [-0.2, 0) is 6.61 Å². The molecule has 0 aliphatic heterocycles. The van der Waals surface area contributed by atoms with E-state index in [-0.39, 0.29) is 11.9 Å². The van der Waals surface area contributed by atoms with Crippen LogP contribution in [0.4, 0.5) is 0 Å². The Morgan fingerprint density at radius 2 is 1.89 bits per heavy atom. The van der Waals surface area contributed by atoms with Crippen molar-refractivity contribution in [3.63, 3.8) is 0 Å². The van der Waals surface area contributed by atoms with Crippen LogP contribution in [0.25, 0.3) is 0 Å². The number of nitrogens with zero attached hydrogens (tertiary/aromatic N) is 1. The molecular weight excluding hydrogens is 348 g/mol. The minimum Gasteiger partial charge on any atom is -0.473 e. The van der Waals surface area contributed by atoms with Crippen LogP contribution in [0.3, 0.4) is 0 Å². The molecule has 0 spiro atoms. The van der Waals surface area contributed by atoms with Gasteiger partial charge in [0.1, 0.15) is 6.61 Å². The molecule has 2 saturated carbocycles. The number of rotatable bonds is 5. The van der Waals surface area contributed by atoms with Crippen LogP contribution in [0.15, 0.2) is 48.7 Å². The van der Waals surface area contributed by atoms with Crippen LogP contribution < -0.4 is 10.1 Å². The van der Waals surface area contributed by atoms with E-state index < -0.39 is 0 Å². The monoisotopic (exact) mass is 378 g/mol. The Balaban J connectivity index is 1.35. The van der Waals surface area contributed by atoms with E-state index in [2.05, 4.69) is 24.1 Å². The van der Waals surface area contributed by atoms with Gasteiger partial charge in [-0.3, -0.25) is 4.79 Å². The Morgan fingerprint density at radius 3 is 2.64 bits per heavy atom. The first-order valence-corrected chi connectivity index (χ1v) is 10.5. The van der Waals surface area contributed by atoms with Crippen molar-refractivity contribution in [1.82, 2.24) is 10.3 Å². The second-order valence-electron chi connectivity index (χ2n) is 8.81. The van der Waals surface area contributed by atoms with E-state index in [1.807, 2.05) is 36.4 Å². The van der Waals surface area contributed by atoms with Gasteiger partial charge < -0.3 is 10.1 Å². The molecule has 148 valence electrons. The first-order chi connectivity index (χ1) is 13.6. The molecule has 2 aliphatic rings. The van der Waals surface area contributed by atoms with E-state index in [1.165, 1.54) is 25.7 Å². The zero-order chi connectivity index (χ0) is 19.5. The smallest absolute Gasteiger partial charge is 0.253 e. The predicted molar refractivity (Wildman–Crippen MR) is 110 cm³/mol. The molecule has 2 aromatic rings. The molecule has 1 aromatic heterocycles. The molecule has 1 heterocycles. The fraction of sp³-hybridized carbons (Fsp3) is 0.500. The molecule has 5 atom stereocenters. The van der Waals surface area contributed by atoms with Crippen LogP contribution in [0.1, 0.15) is 55.5 Å². The third-order valence-electron chi connectivity index (χ3n) is 6.43. The summed E-state index contributed by atoms with van der Waals surface area (Å²) in [4.78, 5) is 17.1. The standard InChI is InChI=1S/C24H30N2O2/c1-16-10-19-12-17(2)23(21(11-16)13-19)26-24(27)20-8-9-22(25-14-20)28-15-18-6-4-3-5-7-18/h3-9,14,16-17,19,21,23H,10-13,15H2,1-2H3,(H,26,27). The summed E-state index contributed by atoms with van der Waals surface area (Å²) >= 11 is 0. The highest BCUT2D eigenvalue weighted by atomic mass is 16.5. The SMILES string of the molecule is CC1CC2CC(C)C(NC(=O)c3ccc(OCc4ccccc4)nc3)C(C1)C2. The number of amides is 1. The van der Waals surface area contributed by atoms with Gasteiger partial charge in [0.2, 0.25) is 5.88 Å². The third kappa shape index (κ3) is 4.37. The van der Waals surface area contributed by atoms with Crippen LogP contribution >= 0.6 is 0 Å². The molecule has 2 fully saturated rings. The first-order valence-electron chi connectivity index (χ1n) is 10.5. The maximum atomic E-state index is 12.8. The molecule has 0 radical (unpaired) electrons. The number of benzene rings is 1. The molecule has 1 N–H and O–H groups in total. The summed E-state index contributed by atoms with van der Waals surface area (Å²) < 4.78 is 5.72. The summed E-state index contributed by atoms with van der Waals surface area (Å²) in [6, 6.07) is 13.9. The van der Waals surface area contributed by atoms with Gasteiger partial charge in [-0.05, 0) is 61.0 Å². The number of hydrogen-bond donors (Lipinski definition) is 1. The van der Waals surface area contributed by atoms with Gasteiger partial charge in [0.25, 0.3) is 5.91 Å². The van der Waals surface area contributed by atoms with E-state index in [4.69, 9.17) is 4.74 Å². The van der Waals surface area contributed by atoms with Gasteiger partial charge in [-0.15, -0.1) is 0 Å². The summed E-state index contributed by atoms with van der Waals surface area (Å²) in [6.07, 6.45) is 6.71. The number of aromatic nitrogens is 1. The fourth-order valence-corrected chi connectivity index (χ4v) is 5.25. The molecule has 2 bridgehead atoms. The highest BCUT2D eigenvalue weighted by molar-refractivity contribution is 5.94. The van der Waals surface area contributed by atoms with E-state index in [9.17, 15) is 4.79 Å². The number of hydrogen-bond acceptors (Lipinski definition) is 3. The Hall–Kier alpha value is -2.36. The van der Waals surface area contributed by atoms with Crippen molar-refractivity contribution in [1.29, 1.82) is 0 Å². The van der Waals surface area contributed by atoms with Crippen molar-refractivity contribution in [2.75, 3.05) is 0 Å². The van der Waals surface area contributed by atoms with Gasteiger partial charge in [0.05, 0.1) is 5.56 Å². The summed E-state index contributed by atoms with van der Waals surface area (Å²) in [6.45, 7) is 5.12. The Bertz CT molecular complexity index is 786. The Kier molecular flexibility index (Phi) is 5.65. The summed E-state index contributed by atoms with van der Waals surface area (Å²) in [7, 11) is 0. The number of fused-ring (bicyclic) bond motifs is 2. The third-order valence-corrected chi connectivity index (χ3v) is 6.43. The highest BCUT2D eigenvalue weighted by Crippen LogP contribution is 2.44. The van der Waals surface area contributed by atoms with Gasteiger partial charge in [-0.25, -0.2) is 4.98 Å². The lowest BCUT2D eigenvalue weighted by Gasteiger charge is -2.46. The molecule has 4 nitrogen and oxygen atoms in total. The largest absolute Gasteiger partial charge is 0.473 e. The van der Waals surface area contributed by atoms with Crippen molar-refractivity contribution in [2.24, 2.45) is 23.7 Å². The molecule has 0 saturated heterocycles. The molecule has 1 aromatic carbocycles. The van der Waals surface area contributed by atoms with Crippen LogP contribution in [-0.4, -0.2) is 16.9 Å². The number of pyridine rings is 1. The minimum absolute atomic E-state index is 0.0179. The van der Waals surface area contributed by atoms with Gasteiger partial charge in [-0.2, -0.15) is 0 Å². The van der Waals surface area contributed by atoms with Crippen molar-refractivity contribution < 1.29 is 9.53 Å². The summed E-state index contributed by atoms with van der Waals surface area (Å²) in [5.41, 5.74) is 1.70. The summed E-state index contributed by atoms with van der Waals surface area (Å²) in [5.74, 6) is 3.30. The van der Waals surface area contributed by atoms with Gasteiger partial charge >= 0.3 is 0 Å². The average Bonchev–Trinajstić information content (AvgIpc) is 2.70. The van der Waals surface area contributed by atoms with Crippen molar-refractivity contribution >= 4 is 5.91 Å². The molecule has 1 amide bonds. The average molecular weight is 379 g/mol. The van der Waals surface area contributed by atoms with Gasteiger partial charge in [-0.1, -0.05) is 44.2 Å². The quantitative estimate of drug-likeness (QED) is 0.809. The van der Waals surface area contributed by atoms with Crippen LogP contribution in [0, 0.1) is 23.7 Å². The highest BCUT2D eigenvalue weighted by Gasteiger charge is 2.40. The lowest BCUT2D eigenvalue weighted by Crippen LogP contribution is -2.50. The van der Waals surface area contributed by atoms with Crippen LogP contribution in [0.5, 0.6) is 5.88 Å². The van der Waals surface area contributed by atoms with Crippen molar-refractivity contribution in [2.45, 2.75) is 52.2 Å². The normalized spacial score (nSPS) is 29.1. The predicted octanol–water partition coefficient (Wildman–Crippen LogP) is 4.85. The number of ether oxygens (including phenoxy) is 1. The molecule has 28 heavy (non-hydrogen) atoms. The second-order valence-corrected chi connectivity index (χ2v) is 8.81. The Morgan fingerprint density at radius 1 is 1.07 bits per heavy atom. The van der Waals surface area contributed by atoms with E-state index in [1.54, 1.807) is 12.3 Å². The van der Waals surface area contributed by atoms with E-state index >= 15 is 0 Å². The number of nitrogens with one attached hydrogen (secondary N) is 1. The van der Waals surface area contributed by atoms with E-state index in [0.717, 1.165) is 17.4 Å². The molecule has 5 unspecified atom stereocenters. The molecule has 2 aliphatic carbocycles. The molecular formula is C24H30N2O2. The topological polar surface area (TPSA) is 51.2 Å². The second kappa shape index (κ2) is 8.34. The number of carbonyl (C=O) groups is 1. The zero-order valence-corrected chi connectivity index (χ0v) is 16.8. The maximum Gasteiger partial charge on any atom is 0.253 e. The number of carbonyl (C=O) groups excluding carboxylic acids is 1. The first kappa shape index (κ1) is 19.0. The lowest BCUT2D eigenvalue weighted by atomic mass is 9.63. The molecule has 4 rings (SSSR count). The van der Waals surface area contributed by atoms with Crippen molar-refractivity contribution in [3.05, 3.63) is 59.8 Å². The Labute approximate surface area is 167 Å². The van der Waals surface area contributed by atoms with Crippen molar-refractivity contribution in [3.8, 4) is 5.88 Å². The minimum atomic E-state index is -0.0179. The van der Waals surface area contributed by atoms with Gasteiger partial charge in [0, 0.05) is 18.3 Å². The zero-order valence-electron chi connectivity index (χ0n) is 16.8. The van der Waals surface area contributed by atoms with Crippen LogP contribution in [0.2, 0.25) is 0 Å².